The van der Waals surface area contributed by atoms with Crippen LogP contribution in [0, 0.1) is 5.92 Å². The van der Waals surface area contributed by atoms with Gasteiger partial charge in [0.25, 0.3) is 12.3 Å². The fraction of sp³-hybridized carbons (Fsp3) is 0.568. The van der Waals surface area contributed by atoms with Crippen LogP contribution in [0.1, 0.15) is 85.9 Å². The zero-order valence-electron chi connectivity index (χ0n) is 35.9. The Kier molecular flexibility index (Phi) is 10.7. The zero-order valence-corrected chi connectivity index (χ0v) is 35.9. The van der Waals surface area contributed by atoms with Crippen molar-refractivity contribution in [2.75, 3.05) is 61.0 Å². The number of morpholine rings is 1. The number of hydrogen-bond acceptors (Lipinski definition) is 12. The highest BCUT2D eigenvalue weighted by Crippen LogP contribution is 2.38. The third-order valence-electron chi connectivity index (χ3n) is 14.4. The second-order valence-electron chi connectivity index (χ2n) is 18.5. The molecule has 1 aliphatic carbocycles. The van der Waals surface area contributed by atoms with Crippen LogP contribution in [-0.2, 0) is 26.1 Å². The third-order valence-corrected chi connectivity index (χ3v) is 14.4. The Labute approximate surface area is 370 Å². The molecule has 6 aliphatic rings. The molecule has 5 saturated heterocycles. The number of carbonyl (C=O) groups excluding carboxylic acids is 3. The van der Waals surface area contributed by atoms with E-state index in [9.17, 15) is 28.0 Å². The molecule has 5 atom stereocenters. The topological polar surface area (TPSA) is 178 Å². The summed E-state index contributed by atoms with van der Waals surface area (Å²) in [4.78, 5) is 62.5. The summed E-state index contributed by atoms with van der Waals surface area (Å²) in [7, 11) is 1.67. The summed E-state index contributed by atoms with van der Waals surface area (Å²) in [5.41, 5.74) is 1.77. The van der Waals surface area contributed by atoms with Crippen LogP contribution < -0.4 is 26.1 Å². The number of benzene rings is 1. The van der Waals surface area contributed by atoms with E-state index in [4.69, 9.17) is 14.5 Å². The van der Waals surface area contributed by atoms with Gasteiger partial charge in [-0.1, -0.05) is 6.07 Å². The number of nitrogens with one attached hydrogen (secondary N) is 2. The van der Waals surface area contributed by atoms with Crippen molar-refractivity contribution in [3.63, 3.8) is 0 Å². The number of anilines is 3. The van der Waals surface area contributed by atoms with Gasteiger partial charge in [0.2, 0.25) is 11.8 Å². The van der Waals surface area contributed by atoms with E-state index >= 15 is 4.39 Å². The first kappa shape index (κ1) is 41.9. The summed E-state index contributed by atoms with van der Waals surface area (Å²) in [5.74, 6) is -0.390. The normalized spacial score (nSPS) is 27.6. The Morgan fingerprint density at radius 2 is 1.86 bits per heavy atom. The molecule has 6 fully saturated rings. The number of imidazole rings is 1. The first-order chi connectivity index (χ1) is 31.4. The minimum absolute atomic E-state index is 0.0450. The van der Waals surface area contributed by atoms with Crippen LogP contribution in [0.25, 0.3) is 16.7 Å². The van der Waals surface area contributed by atoms with E-state index in [1.54, 1.807) is 24.0 Å². The first-order valence-electron chi connectivity index (χ1n) is 22.7. The van der Waals surface area contributed by atoms with E-state index < -0.39 is 42.3 Å². The highest BCUT2D eigenvalue weighted by atomic mass is 19.3. The summed E-state index contributed by atoms with van der Waals surface area (Å²) in [5, 5.41) is 13.5. The number of ether oxygens (including phenoxy) is 2. The SMILES string of the molecule is Cn1c(=O)n(C2CCC(=O)NC2=O)c2cccc(N3CC(O[C@H]4CCN(C[C@H]5CC[C@H](n6cc(NC(=O)c7cnn8ccc(N9C[C@H]%10C[C@@H]9CO%10)nc78)c(C(F)F)n6)CC5)C[C@H]4F)C3)c21. The molecule has 11 rings (SSSR count). The van der Waals surface area contributed by atoms with Gasteiger partial charge in [-0.05, 0) is 69.1 Å². The van der Waals surface area contributed by atoms with Gasteiger partial charge in [0, 0.05) is 65.1 Å². The van der Waals surface area contributed by atoms with Crippen molar-refractivity contribution in [3.8, 4) is 0 Å². The number of aromatic nitrogens is 7. The Balaban J connectivity index is 0.663. The minimum atomic E-state index is -2.90. The lowest BCUT2D eigenvalue weighted by Gasteiger charge is -2.45. The van der Waals surface area contributed by atoms with Gasteiger partial charge in [0.15, 0.2) is 11.3 Å². The second-order valence-corrected chi connectivity index (χ2v) is 18.5. The largest absolute Gasteiger partial charge is 0.374 e. The molecular formula is C44H51F3N12O6. The number of carbonyl (C=O) groups is 3. The monoisotopic (exact) mass is 900 g/mol. The first-order valence-corrected chi connectivity index (χ1v) is 22.7. The van der Waals surface area contributed by atoms with Gasteiger partial charge in [0.05, 0.1) is 65.6 Å². The molecule has 0 radical (unpaired) electrons. The summed E-state index contributed by atoms with van der Waals surface area (Å²) < 4.78 is 62.4. The van der Waals surface area contributed by atoms with E-state index in [-0.39, 0.29) is 66.5 Å². The van der Waals surface area contributed by atoms with Crippen molar-refractivity contribution < 1.29 is 37.0 Å². The Morgan fingerprint density at radius 1 is 1.03 bits per heavy atom. The number of hydrogen-bond donors (Lipinski definition) is 2. The number of aryl methyl sites for hydroxylation is 1. The fourth-order valence-corrected chi connectivity index (χ4v) is 11.0. The van der Waals surface area contributed by atoms with Crippen LogP contribution >= 0.6 is 0 Å². The standard InChI is InChI=1S/C44H51F3N12O6/c1-53-39-32(3-2-4-33(39)59(44(53)63)34-9-10-37(60)51-43(34)62)55-18-28(19-55)65-35-11-13-54(21-30(35)45)17-24-5-7-25(8-6-24)58-22-31(38(52-58)40(46)47)49-42(61)29-16-48-57-14-12-36(50-41(29)57)56-20-27-15-26(56)23-64-27/h2-4,12,14,16,22,24-28,30,34-35,40H,5-11,13,15,17-21,23H2,1H3,(H,49,61)(H,51,60,62)/t24-,25-,26-,27-,30-,34?,35+/m1/s1. The average Bonchev–Trinajstić information content (AvgIpc) is 4.13. The summed E-state index contributed by atoms with van der Waals surface area (Å²) in [6, 6.07) is 6.77. The molecule has 0 spiro atoms. The predicted octanol–water partition coefficient (Wildman–Crippen LogP) is 3.77. The maximum Gasteiger partial charge on any atom is 0.329 e. The highest BCUT2D eigenvalue weighted by molar-refractivity contribution is 6.08. The van der Waals surface area contributed by atoms with E-state index in [0.717, 1.165) is 38.0 Å². The van der Waals surface area contributed by atoms with Gasteiger partial charge in [0.1, 0.15) is 23.6 Å². The van der Waals surface area contributed by atoms with Crippen molar-refractivity contribution in [1.29, 1.82) is 0 Å². The van der Waals surface area contributed by atoms with Gasteiger partial charge >= 0.3 is 5.69 Å². The molecule has 5 aliphatic heterocycles. The van der Waals surface area contributed by atoms with Gasteiger partial charge in [-0.3, -0.25) is 38.4 Å². The number of amides is 3. The van der Waals surface area contributed by atoms with Gasteiger partial charge in [-0.2, -0.15) is 10.2 Å². The number of halogens is 3. The number of imide groups is 1. The summed E-state index contributed by atoms with van der Waals surface area (Å²) in [6.07, 6.45) is 5.05. The molecule has 1 saturated carbocycles. The van der Waals surface area contributed by atoms with Gasteiger partial charge in [-0.25, -0.2) is 27.5 Å². The van der Waals surface area contributed by atoms with Crippen LogP contribution in [0.4, 0.5) is 30.4 Å². The summed E-state index contributed by atoms with van der Waals surface area (Å²) in [6.45, 7) is 4.13. The lowest BCUT2D eigenvalue weighted by Crippen LogP contribution is -2.56. The van der Waals surface area contributed by atoms with E-state index in [0.29, 0.717) is 73.9 Å². The Morgan fingerprint density at radius 3 is 2.60 bits per heavy atom. The van der Waals surface area contributed by atoms with Crippen molar-refractivity contribution >= 4 is 51.6 Å². The number of para-hydroxylation sites is 1. The molecule has 344 valence electrons. The second kappa shape index (κ2) is 16.6. The smallest absolute Gasteiger partial charge is 0.329 e. The van der Waals surface area contributed by atoms with Crippen LogP contribution in [0.15, 0.2) is 47.7 Å². The van der Waals surface area contributed by atoms with Crippen LogP contribution in [0.3, 0.4) is 0 Å². The van der Waals surface area contributed by atoms with Crippen LogP contribution in [-0.4, -0.2) is 133 Å². The molecule has 21 heteroatoms. The molecule has 3 amide bonds. The fourth-order valence-electron chi connectivity index (χ4n) is 11.0. The molecule has 5 aromatic rings. The molecular weight excluding hydrogens is 850 g/mol. The number of alkyl halides is 3. The Hall–Kier alpha value is -5.80. The predicted molar refractivity (Wildman–Crippen MR) is 230 cm³/mol. The average molecular weight is 901 g/mol. The highest BCUT2D eigenvalue weighted by Gasteiger charge is 2.41. The molecule has 1 aromatic carbocycles. The minimum Gasteiger partial charge on any atom is -0.374 e. The van der Waals surface area contributed by atoms with E-state index in [2.05, 4.69) is 35.5 Å². The number of piperidine rings is 2. The zero-order chi connectivity index (χ0) is 44.7. The van der Waals surface area contributed by atoms with Crippen molar-refractivity contribution in [3.05, 3.63) is 64.6 Å². The van der Waals surface area contributed by atoms with Crippen molar-refractivity contribution in [2.24, 2.45) is 13.0 Å². The maximum absolute atomic E-state index is 15.7. The van der Waals surface area contributed by atoms with Crippen molar-refractivity contribution in [2.45, 2.75) is 100 Å². The quantitative estimate of drug-likeness (QED) is 0.184. The number of nitrogens with zero attached hydrogens (tertiary/aromatic N) is 10. The number of rotatable bonds is 11. The maximum atomic E-state index is 15.7. The number of likely N-dealkylation sites (tertiary alicyclic amines) is 1. The Bertz CT molecular complexity index is 2720. The molecule has 2 N–H and O–H groups in total. The third kappa shape index (κ3) is 7.63. The van der Waals surface area contributed by atoms with Crippen LogP contribution in [0.5, 0.6) is 0 Å². The molecule has 9 heterocycles. The van der Waals surface area contributed by atoms with Crippen LogP contribution in [0.2, 0.25) is 0 Å². The molecule has 65 heavy (non-hydrogen) atoms. The lowest BCUT2D eigenvalue weighted by atomic mass is 9.85. The molecule has 4 aromatic heterocycles. The van der Waals surface area contributed by atoms with Crippen molar-refractivity contribution in [1.82, 2.24) is 43.7 Å². The van der Waals surface area contributed by atoms with Gasteiger partial charge < -0.3 is 24.6 Å². The molecule has 1 unspecified atom stereocenters. The lowest BCUT2D eigenvalue weighted by molar-refractivity contribution is -0.135. The number of fused-ring (bicyclic) bond motifs is 4. The van der Waals surface area contributed by atoms with E-state index in [1.807, 2.05) is 18.2 Å². The van der Waals surface area contributed by atoms with Gasteiger partial charge in [-0.15, -0.1) is 0 Å². The summed E-state index contributed by atoms with van der Waals surface area (Å²) >= 11 is 0. The van der Waals surface area contributed by atoms with E-state index in [1.165, 1.54) is 26.0 Å². The molecule has 18 nitrogen and oxygen atoms in total. The molecule has 2 bridgehead atoms.